The van der Waals surface area contributed by atoms with Crippen LogP contribution in [0.1, 0.15) is 32.6 Å². The highest BCUT2D eigenvalue weighted by molar-refractivity contribution is 7.89. The predicted molar refractivity (Wildman–Crippen MR) is 77.7 cm³/mol. The Morgan fingerprint density at radius 2 is 1.79 bits per heavy atom. The van der Waals surface area contributed by atoms with E-state index in [1.807, 2.05) is 0 Å². The second-order valence-corrected chi connectivity index (χ2v) is 7.93. The summed E-state index contributed by atoms with van der Waals surface area (Å²) in [6.07, 6.45) is 4.42. The summed E-state index contributed by atoms with van der Waals surface area (Å²) < 4.78 is 25.2. The summed E-state index contributed by atoms with van der Waals surface area (Å²) in [4.78, 5) is 0. The van der Waals surface area contributed by atoms with Crippen LogP contribution in [0.3, 0.4) is 0 Å². The van der Waals surface area contributed by atoms with E-state index >= 15 is 0 Å². The number of nitrogens with one attached hydrogen (secondary N) is 2. The highest BCUT2D eigenvalue weighted by atomic mass is 32.2. The van der Waals surface area contributed by atoms with E-state index in [2.05, 4.69) is 10.6 Å². The van der Waals surface area contributed by atoms with Crippen LogP contribution in [0, 0.1) is 5.92 Å². The van der Waals surface area contributed by atoms with Crippen LogP contribution in [0.25, 0.3) is 0 Å². The highest BCUT2D eigenvalue weighted by Gasteiger charge is 2.26. The number of sulfonamides is 1. The smallest absolute Gasteiger partial charge is 0.213 e. The zero-order chi connectivity index (χ0) is 13.7. The minimum atomic E-state index is -2.98. The first-order valence-corrected chi connectivity index (χ1v) is 9.14. The highest BCUT2D eigenvalue weighted by Crippen LogP contribution is 2.16. The molecule has 0 spiro atoms. The Labute approximate surface area is 117 Å². The van der Waals surface area contributed by atoms with Crippen LogP contribution in [0.4, 0.5) is 0 Å². The summed E-state index contributed by atoms with van der Waals surface area (Å²) in [5.74, 6) is 1.01. The van der Waals surface area contributed by atoms with E-state index in [0.717, 1.165) is 38.4 Å². The molecule has 0 aromatic carbocycles. The minimum absolute atomic E-state index is 0.222. The molecule has 0 saturated carbocycles. The van der Waals surface area contributed by atoms with Crippen molar-refractivity contribution in [2.45, 2.75) is 38.6 Å². The van der Waals surface area contributed by atoms with Crippen molar-refractivity contribution in [1.82, 2.24) is 14.9 Å². The van der Waals surface area contributed by atoms with Gasteiger partial charge in [0.2, 0.25) is 10.0 Å². The predicted octanol–water partition coefficient (Wildman–Crippen LogP) is 0.390. The SMILES string of the molecule is CCS(=O)(=O)N1CCC(NCC2CCNCC2)CC1. The van der Waals surface area contributed by atoms with Gasteiger partial charge in [-0.05, 0) is 58.2 Å². The van der Waals surface area contributed by atoms with Gasteiger partial charge < -0.3 is 10.6 Å². The topological polar surface area (TPSA) is 61.4 Å². The van der Waals surface area contributed by atoms with E-state index in [-0.39, 0.29) is 5.75 Å². The molecule has 2 saturated heterocycles. The van der Waals surface area contributed by atoms with Crippen LogP contribution < -0.4 is 10.6 Å². The van der Waals surface area contributed by atoms with Crippen molar-refractivity contribution < 1.29 is 8.42 Å². The largest absolute Gasteiger partial charge is 0.317 e. The van der Waals surface area contributed by atoms with Crippen molar-refractivity contribution in [3.05, 3.63) is 0 Å². The molecule has 2 heterocycles. The summed E-state index contributed by atoms with van der Waals surface area (Å²) in [6.45, 7) is 6.45. The lowest BCUT2D eigenvalue weighted by molar-refractivity contribution is 0.268. The molecule has 2 fully saturated rings. The molecule has 0 amide bonds. The van der Waals surface area contributed by atoms with Crippen molar-refractivity contribution in [3.8, 4) is 0 Å². The molecule has 2 N–H and O–H groups in total. The fraction of sp³-hybridized carbons (Fsp3) is 1.00. The molecule has 0 unspecified atom stereocenters. The monoisotopic (exact) mass is 289 g/mol. The van der Waals surface area contributed by atoms with Crippen molar-refractivity contribution >= 4 is 10.0 Å². The number of piperidine rings is 2. The van der Waals surface area contributed by atoms with E-state index in [4.69, 9.17) is 0 Å². The van der Waals surface area contributed by atoms with Gasteiger partial charge in [-0.15, -0.1) is 0 Å². The third kappa shape index (κ3) is 4.41. The summed E-state index contributed by atoms with van der Waals surface area (Å²) >= 11 is 0. The first-order valence-electron chi connectivity index (χ1n) is 7.53. The molecule has 0 radical (unpaired) electrons. The van der Waals surface area contributed by atoms with Gasteiger partial charge in [-0.25, -0.2) is 12.7 Å². The maximum absolute atomic E-state index is 11.8. The van der Waals surface area contributed by atoms with Crippen molar-refractivity contribution in [1.29, 1.82) is 0 Å². The molecule has 2 aliphatic rings. The molecular formula is C13H27N3O2S. The summed E-state index contributed by atoms with van der Waals surface area (Å²) in [5.41, 5.74) is 0. The van der Waals surface area contributed by atoms with Crippen LogP contribution in [0.15, 0.2) is 0 Å². The quantitative estimate of drug-likeness (QED) is 0.769. The lowest BCUT2D eigenvalue weighted by Crippen LogP contribution is -2.46. The first-order chi connectivity index (χ1) is 9.12. The Hall–Kier alpha value is -0.170. The summed E-state index contributed by atoms with van der Waals surface area (Å²) in [5, 5.41) is 7.01. The van der Waals surface area contributed by atoms with Gasteiger partial charge in [-0.2, -0.15) is 0 Å². The summed E-state index contributed by atoms with van der Waals surface area (Å²) in [7, 11) is -2.98. The number of rotatable bonds is 5. The molecule has 0 aliphatic carbocycles. The molecule has 2 aliphatic heterocycles. The number of hydrogen-bond acceptors (Lipinski definition) is 4. The van der Waals surface area contributed by atoms with E-state index in [1.54, 1.807) is 11.2 Å². The average molecular weight is 289 g/mol. The molecule has 6 heteroatoms. The Kier molecular flexibility index (Phi) is 5.62. The first kappa shape index (κ1) is 15.2. The minimum Gasteiger partial charge on any atom is -0.317 e. The van der Waals surface area contributed by atoms with Gasteiger partial charge in [-0.1, -0.05) is 0 Å². The van der Waals surface area contributed by atoms with Crippen LogP contribution in [0.5, 0.6) is 0 Å². The normalized spacial score (nSPS) is 24.7. The zero-order valence-corrected chi connectivity index (χ0v) is 12.7. The third-order valence-electron chi connectivity index (χ3n) is 4.37. The second-order valence-electron chi connectivity index (χ2n) is 5.68. The van der Waals surface area contributed by atoms with Crippen LogP contribution in [-0.2, 0) is 10.0 Å². The van der Waals surface area contributed by atoms with Crippen molar-refractivity contribution in [2.75, 3.05) is 38.5 Å². The van der Waals surface area contributed by atoms with E-state index in [9.17, 15) is 8.42 Å². The van der Waals surface area contributed by atoms with E-state index in [1.165, 1.54) is 12.8 Å². The Balaban J connectivity index is 1.68. The Morgan fingerprint density at radius 1 is 1.16 bits per heavy atom. The van der Waals surface area contributed by atoms with Gasteiger partial charge in [-0.3, -0.25) is 0 Å². The molecule has 0 atom stereocenters. The zero-order valence-electron chi connectivity index (χ0n) is 11.9. The second kappa shape index (κ2) is 7.02. The Bertz CT molecular complexity index is 358. The summed E-state index contributed by atoms with van der Waals surface area (Å²) in [6, 6.07) is 0.498. The van der Waals surface area contributed by atoms with E-state index < -0.39 is 10.0 Å². The lowest BCUT2D eigenvalue weighted by Gasteiger charge is -2.33. The molecule has 112 valence electrons. The number of nitrogens with zero attached hydrogens (tertiary/aromatic N) is 1. The average Bonchev–Trinajstić information content (AvgIpc) is 2.47. The fourth-order valence-corrected chi connectivity index (χ4v) is 4.07. The van der Waals surface area contributed by atoms with Crippen molar-refractivity contribution in [3.63, 3.8) is 0 Å². The molecular weight excluding hydrogens is 262 g/mol. The van der Waals surface area contributed by atoms with Crippen LogP contribution >= 0.6 is 0 Å². The van der Waals surface area contributed by atoms with Gasteiger partial charge >= 0.3 is 0 Å². The molecule has 0 aromatic rings. The van der Waals surface area contributed by atoms with Crippen LogP contribution in [0.2, 0.25) is 0 Å². The molecule has 0 bridgehead atoms. The van der Waals surface area contributed by atoms with Gasteiger partial charge in [0.25, 0.3) is 0 Å². The maximum Gasteiger partial charge on any atom is 0.213 e. The van der Waals surface area contributed by atoms with Crippen molar-refractivity contribution in [2.24, 2.45) is 5.92 Å². The molecule has 5 nitrogen and oxygen atoms in total. The maximum atomic E-state index is 11.8. The fourth-order valence-electron chi connectivity index (χ4n) is 2.94. The molecule has 0 aromatic heterocycles. The molecule has 19 heavy (non-hydrogen) atoms. The molecule has 2 rings (SSSR count). The van der Waals surface area contributed by atoms with Gasteiger partial charge in [0.15, 0.2) is 0 Å². The number of hydrogen-bond donors (Lipinski definition) is 2. The van der Waals surface area contributed by atoms with E-state index in [0.29, 0.717) is 19.1 Å². The van der Waals surface area contributed by atoms with Gasteiger partial charge in [0.1, 0.15) is 0 Å². The standard InChI is InChI=1S/C13H27N3O2S/c1-2-19(17,18)16-9-5-13(6-10-16)15-11-12-3-7-14-8-4-12/h12-15H,2-11H2,1H3. The van der Waals surface area contributed by atoms with Gasteiger partial charge in [0.05, 0.1) is 5.75 Å². The van der Waals surface area contributed by atoms with Crippen LogP contribution in [-0.4, -0.2) is 57.2 Å². The Morgan fingerprint density at radius 3 is 2.37 bits per heavy atom. The lowest BCUT2D eigenvalue weighted by atomic mass is 9.97. The van der Waals surface area contributed by atoms with Gasteiger partial charge in [0, 0.05) is 19.1 Å². The third-order valence-corrected chi connectivity index (χ3v) is 6.25.